The Morgan fingerprint density at radius 2 is 1.62 bits per heavy atom. The number of carbonyl (C=O) groups excluding carboxylic acids is 1. The minimum atomic E-state index is -3.56. The van der Waals surface area contributed by atoms with Gasteiger partial charge in [-0.2, -0.15) is 4.31 Å². The normalized spacial score (nSPS) is 11.5. The molecule has 1 N–H and O–H groups in total. The van der Waals surface area contributed by atoms with Crippen molar-refractivity contribution in [1.82, 2.24) is 4.31 Å². The molecule has 0 spiro atoms. The third-order valence-electron chi connectivity index (χ3n) is 3.22. The van der Waals surface area contributed by atoms with Crippen LogP contribution in [0.2, 0.25) is 10.0 Å². The van der Waals surface area contributed by atoms with E-state index in [-0.39, 0.29) is 28.8 Å². The topological polar surface area (TPSA) is 66.5 Å². The van der Waals surface area contributed by atoms with Gasteiger partial charge in [0, 0.05) is 6.54 Å². The van der Waals surface area contributed by atoms with E-state index >= 15 is 0 Å². The highest BCUT2D eigenvalue weighted by Crippen LogP contribution is 2.29. The van der Waals surface area contributed by atoms with Gasteiger partial charge >= 0.3 is 0 Å². The summed E-state index contributed by atoms with van der Waals surface area (Å²) >= 11 is 12.0. The molecule has 0 fully saturated rings. The van der Waals surface area contributed by atoms with E-state index in [1.165, 1.54) is 0 Å². The molecule has 0 saturated heterocycles. The Morgan fingerprint density at radius 1 is 1.04 bits per heavy atom. The fraction of sp³-hybridized carbons (Fsp3) is 0.188. The second-order valence-electron chi connectivity index (χ2n) is 5.16. The number of sulfonamides is 1. The molecular weight excluding hydrogens is 371 g/mol. The Hall–Kier alpha value is -1.60. The molecule has 8 heteroatoms. The lowest BCUT2D eigenvalue weighted by Gasteiger charge is -2.20. The Kier molecular flexibility index (Phi) is 6.23. The predicted molar refractivity (Wildman–Crippen MR) is 96.8 cm³/mol. The van der Waals surface area contributed by atoms with Crippen LogP contribution in [0.5, 0.6) is 0 Å². The maximum atomic E-state index is 12.2. The lowest BCUT2D eigenvalue weighted by molar-refractivity contribution is -0.116. The zero-order valence-corrected chi connectivity index (χ0v) is 15.2. The summed E-state index contributed by atoms with van der Waals surface area (Å²) in [4.78, 5) is 12.2. The number of hydrogen-bond donors (Lipinski definition) is 1. The summed E-state index contributed by atoms with van der Waals surface area (Å²) < 4.78 is 25.0. The molecule has 0 radical (unpaired) electrons. The van der Waals surface area contributed by atoms with Crippen LogP contribution in [-0.4, -0.2) is 31.4 Å². The van der Waals surface area contributed by atoms with Gasteiger partial charge in [0.15, 0.2) is 0 Å². The summed E-state index contributed by atoms with van der Waals surface area (Å²) in [6, 6.07) is 13.8. The lowest BCUT2D eigenvalue weighted by Crippen LogP contribution is -2.37. The third kappa shape index (κ3) is 5.21. The highest BCUT2D eigenvalue weighted by molar-refractivity contribution is 7.88. The number of para-hydroxylation sites is 1. The van der Waals surface area contributed by atoms with Crippen LogP contribution in [0.25, 0.3) is 0 Å². The van der Waals surface area contributed by atoms with Crippen LogP contribution in [0.3, 0.4) is 0 Å². The molecule has 0 heterocycles. The molecule has 0 bridgehead atoms. The summed E-state index contributed by atoms with van der Waals surface area (Å²) in [6.45, 7) is -0.237. The molecule has 0 aliphatic heterocycles. The number of carbonyl (C=O) groups is 1. The summed E-state index contributed by atoms with van der Waals surface area (Å²) in [6.07, 6.45) is 1.06. The monoisotopic (exact) mass is 386 g/mol. The number of anilines is 1. The average Bonchev–Trinajstić information content (AvgIpc) is 2.50. The van der Waals surface area contributed by atoms with Crippen molar-refractivity contribution in [3.63, 3.8) is 0 Å². The molecule has 2 rings (SSSR count). The fourth-order valence-corrected chi connectivity index (χ4v) is 3.26. The first-order valence-corrected chi connectivity index (χ1v) is 9.60. The molecule has 0 aliphatic carbocycles. The predicted octanol–water partition coefficient (Wildman–Crippen LogP) is 3.39. The van der Waals surface area contributed by atoms with E-state index in [0.29, 0.717) is 0 Å². The van der Waals surface area contributed by atoms with Crippen LogP contribution in [0.15, 0.2) is 48.5 Å². The van der Waals surface area contributed by atoms with Gasteiger partial charge < -0.3 is 5.32 Å². The Morgan fingerprint density at radius 3 is 2.17 bits per heavy atom. The van der Waals surface area contributed by atoms with Crippen LogP contribution in [0, 0.1) is 0 Å². The molecule has 0 unspecified atom stereocenters. The van der Waals surface area contributed by atoms with E-state index in [9.17, 15) is 13.2 Å². The molecule has 24 heavy (non-hydrogen) atoms. The van der Waals surface area contributed by atoms with Crippen LogP contribution >= 0.6 is 23.2 Å². The van der Waals surface area contributed by atoms with Gasteiger partial charge in [0.25, 0.3) is 0 Å². The van der Waals surface area contributed by atoms with Gasteiger partial charge in [0.2, 0.25) is 15.9 Å². The maximum Gasteiger partial charge on any atom is 0.239 e. The number of halogens is 2. The molecule has 2 aromatic carbocycles. The van der Waals surface area contributed by atoms with Crippen molar-refractivity contribution in [1.29, 1.82) is 0 Å². The van der Waals surface area contributed by atoms with E-state index < -0.39 is 15.9 Å². The largest absolute Gasteiger partial charge is 0.322 e. The highest BCUT2D eigenvalue weighted by atomic mass is 35.5. The minimum Gasteiger partial charge on any atom is -0.322 e. The van der Waals surface area contributed by atoms with Gasteiger partial charge in [-0.25, -0.2) is 8.42 Å². The first kappa shape index (κ1) is 18.7. The van der Waals surface area contributed by atoms with E-state index in [2.05, 4.69) is 5.32 Å². The minimum absolute atomic E-state index is 0.101. The SMILES string of the molecule is CS(=O)(=O)N(CC(=O)Nc1c(Cl)cccc1Cl)Cc1ccccc1. The number of hydrogen-bond acceptors (Lipinski definition) is 3. The number of benzene rings is 2. The number of nitrogens with one attached hydrogen (secondary N) is 1. The lowest BCUT2D eigenvalue weighted by atomic mass is 10.2. The second-order valence-corrected chi connectivity index (χ2v) is 7.96. The Labute approximate surface area is 151 Å². The van der Waals surface area contributed by atoms with Crippen molar-refractivity contribution in [3.05, 3.63) is 64.1 Å². The summed E-state index contributed by atoms with van der Waals surface area (Å²) in [5, 5.41) is 3.12. The second kappa shape index (κ2) is 7.98. The average molecular weight is 387 g/mol. The standard InChI is InChI=1S/C16H16Cl2N2O3S/c1-24(22,23)20(10-12-6-3-2-4-7-12)11-15(21)19-16-13(17)8-5-9-14(16)18/h2-9H,10-11H2,1H3,(H,19,21). The fourth-order valence-electron chi connectivity index (χ4n) is 2.03. The highest BCUT2D eigenvalue weighted by Gasteiger charge is 2.21. The molecule has 0 aliphatic rings. The quantitative estimate of drug-likeness (QED) is 0.826. The zero-order valence-electron chi connectivity index (χ0n) is 12.9. The van der Waals surface area contributed by atoms with E-state index in [4.69, 9.17) is 23.2 Å². The van der Waals surface area contributed by atoms with Crippen molar-refractivity contribution < 1.29 is 13.2 Å². The van der Waals surface area contributed by atoms with E-state index in [0.717, 1.165) is 16.1 Å². The first-order chi connectivity index (χ1) is 11.3. The first-order valence-electron chi connectivity index (χ1n) is 7.00. The van der Waals surface area contributed by atoms with Crippen LogP contribution in [0.1, 0.15) is 5.56 Å². The maximum absolute atomic E-state index is 12.2. The van der Waals surface area contributed by atoms with Crippen LogP contribution in [-0.2, 0) is 21.4 Å². The Balaban J connectivity index is 2.13. The summed E-state index contributed by atoms with van der Waals surface area (Å²) in [7, 11) is -3.56. The Bertz CT molecular complexity index is 806. The number of amides is 1. The zero-order chi connectivity index (χ0) is 17.7. The van der Waals surface area contributed by atoms with Crippen molar-refractivity contribution in [2.75, 3.05) is 18.1 Å². The molecule has 1 amide bonds. The van der Waals surface area contributed by atoms with Crippen molar-refractivity contribution in [2.24, 2.45) is 0 Å². The van der Waals surface area contributed by atoms with Crippen molar-refractivity contribution >= 4 is 44.8 Å². The van der Waals surface area contributed by atoms with Crippen molar-refractivity contribution in [3.8, 4) is 0 Å². The van der Waals surface area contributed by atoms with Crippen LogP contribution in [0.4, 0.5) is 5.69 Å². The summed E-state index contributed by atoms with van der Waals surface area (Å²) in [5.74, 6) is -0.522. The van der Waals surface area contributed by atoms with Gasteiger partial charge in [-0.05, 0) is 17.7 Å². The molecule has 5 nitrogen and oxygen atoms in total. The molecule has 0 aromatic heterocycles. The third-order valence-corrected chi connectivity index (χ3v) is 5.04. The van der Waals surface area contributed by atoms with E-state index in [1.54, 1.807) is 42.5 Å². The molecule has 0 atom stereocenters. The molecule has 0 saturated carbocycles. The van der Waals surface area contributed by atoms with Gasteiger partial charge in [0.1, 0.15) is 0 Å². The van der Waals surface area contributed by atoms with Crippen LogP contribution < -0.4 is 5.32 Å². The number of rotatable bonds is 6. The van der Waals surface area contributed by atoms with Gasteiger partial charge in [-0.15, -0.1) is 0 Å². The molecule has 128 valence electrons. The van der Waals surface area contributed by atoms with Crippen molar-refractivity contribution in [2.45, 2.75) is 6.54 Å². The van der Waals surface area contributed by atoms with Gasteiger partial charge in [-0.1, -0.05) is 59.6 Å². The smallest absolute Gasteiger partial charge is 0.239 e. The molecule has 2 aromatic rings. The summed E-state index contributed by atoms with van der Waals surface area (Å²) in [5.41, 5.74) is 1.05. The van der Waals surface area contributed by atoms with Gasteiger partial charge in [-0.3, -0.25) is 4.79 Å². The van der Waals surface area contributed by atoms with Gasteiger partial charge in [0.05, 0.1) is 28.5 Å². The van der Waals surface area contributed by atoms with E-state index in [1.807, 2.05) is 6.07 Å². The molecular formula is C16H16Cl2N2O3S. The number of nitrogens with zero attached hydrogens (tertiary/aromatic N) is 1.